The van der Waals surface area contributed by atoms with E-state index >= 15 is 0 Å². The van der Waals surface area contributed by atoms with Crippen LogP contribution in [0.3, 0.4) is 0 Å². The van der Waals surface area contributed by atoms with Gasteiger partial charge in [-0.15, -0.1) is 0 Å². The minimum atomic E-state index is -0.703. The molecule has 1 aromatic rings. The van der Waals surface area contributed by atoms with Crippen LogP contribution in [0.4, 0.5) is 0 Å². The molecule has 1 aliphatic rings. The molecule has 2 amide bonds. The van der Waals surface area contributed by atoms with E-state index < -0.39 is 5.92 Å². The van der Waals surface area contributed by atoms with Gasteiger partial charge in [0, 0.05) is 39.3 Å². The summed E-state index contributed by atoms with van der Waals surface area (Å²) in [6.45, 7) is 8.42. The van der Waals surface area contributed by atoms with Crippen molar-refractivity contribution in [2.24, 2.45) is 5.92 Å². The highest BCUT2D eigenvalue weighted by Crippen LogP contribution is 2.17. The van der Waals surface area contributed by atoms with Crippen molar-refractivity contribution in [1.29, 1.82) is 0 Å². The van der Waals surface area contributed by atoms with Crippen LogP contribution in [0, 0.1) is 5.92 Å². The first kappa shape index (κ1) is 19.4. The number of hydrogen-bond donors (Lipinski definition) is 4. The van der Waals surface area contributed by atoms with E-state index in [1.54, 1.807) is 0 Å². The number of carbonyl (C=O) groups is 2. The Bertz CT molecular complexity index is 533. The number of hydrogen-bond acceptors (Lipinski definition) is 4. The van der Waals surface area contributed by atoms with Crippen molar-refractivity contribution in [3.63, 3.8) is 0 Å². The van der Waals surface area contributed by atoms with E-state index in [0.29, 0.717) is 38.5 Å². The summed E-state index contributed by atoms with van der Waals surface area (Å²) in [6.07, 6.45) is 0.414. The van der Waals surface area contributed by atoms with Gasteiger partial charge in [0.25, 0.3) is 0 Å². The molecule has 0 atom stereocenters. The standard InChI is InChI=1S/C19H30N4O2/c1-14(2)16-5-3-15(4-6-16)13-17-18(24)22-11-9-20-7-8-21-10-12-23-19(17)25/h3-6,14,17,20-21H,7-13H2,1-2H3,(H,22,24)(H,23,25). The Morgan fingerprint density at radius 1 is 0.840 bits per heavy atom. The second kappa shape index (κ2) is 10.2. The molecule has 0 unspecified atom stereocenters. The summed E-state index contributed by atoms with van der Waals surface area (Å²) in [6, 6.07) is 8.17. The molecule has 4 N–H and O–H groups in total. The summed E-state index contributed by atoms with van der Waals surface area (Å²) >= 11 is 0. The van der Waals surface area contributed by atoms with Gasteiger partial charge in [0.1, 0.15) is 5.92 Å². The van der Waals surface area contributed by atoms with Crippen LogP contribution in [0.5, 0.6) is 0 Å². The van der Waals surface area contributed by atoms with Crippen molar-refractivity contribution in [1.82, 2.24) is 21.3 Å². The number of carbonyl (C=O) groups excluding carboxylic acids is 2. The fraction of sp³-hybridized carbons (Fsp3) is 0.579. The highest BCUT2D eigenvalue weighted by atomic mass is 16.2. The van der Waals surface area contributed by atoms with Crippen LogP contribution in [0.2, 0.25) is 0 Å². The number of rotatable bonds is 3. The zero-order chi connectivity index (χ0) is 18.1. The monoisotopic (exact) mass is 346 g/mol. The Morgan fingerprint density at radius 2 is 1.32 bits per heavy atom. The fourth-order valence-corrected chi connectivity index (χ4v) is 2.80. The lowest BCUT2D eigenvalue weighted by Gasteiger charge is -2.17. The topological polar surface area (TPSA) is 82.3 Å². The van der Waals surface area contributed by atoms with Crippen LogP contribution < -0.4 is 21.3 Å². The van der Waals surface area contributed by atoms with Gasteiger partial charge in [0.05, 0.1) is 0 Å². The summed E-state index contributed by atoms with van der Waals surface area (Å²) in [5.41, 5.74) is 2.25. The van der Waals surface area contributed by atoms with Crippen molar-refractivity contribution < 1.29 is 9.59 Å². The predicted molar refractivity (Wildman–Crippen MR) is 99.5 cm³/mol. The van der Waals surface area contributed by atoms with Gasteiger partial charge in [-0.1, -0.05) is 38.1 Å². The Morgan fingerprint density at radius 3 is 1.80 bits per heavy atom. The van der Waals surface area contributed by atoms with Gasteiger partial charge in [0.2, 0.25) is 11.8 Å². The average molecular weight is 346 g/mol. The first-order valence-corrected chi connectivity index (χ1v) is 9.13. The van der Waals surface area contributed by atoms with Crippen LogP contribution in [0.15, 0.2) is 24.3 Å². The summed E-state index contributed by atoms with van der Waals surface area (Å²) in [5, 5.41) is 12.2. The normalized spacial score (nSPS) is 18.7. The first-order valence-electron chi connectivity index (χ1n) is 9.13. The molecule has 2 rings (SSSR count). The van der Waals surface area contributed by atoms with E-state index in [1.165, 1.54) is 5.56 Å². The molecule has 6 nitrogen and oxygen atoms in total. The van der Waals surface area contributed by atoms with Gasteiger partial charge in [0.15, 0.2) is 0 Å². The molecule has 1 aromatic carbocycles. The van der Waals surface area contributed by atoms with Gasteiger partial charge in [-0.2, -0.15) is 0 Å². The molecule has 1 heterocycles. The number of benzene rings is 1. The van der Waals surface area contributed by atoms with E-state index in [4.69, 9.17) is 0 Å². The maximum atomic E-state index is 12.5. The minimum absolute atomic E-state index is 0.209. The molecule has 138 valence electrons. The van der Waals surface area contributed by atoms with E-state index in [2.05, 4.69) is 47.2 Å². The van der Waals surface area contributed by atoms with Crippen LogP contribution >= 0.6 is 0 Å². The minimum Gasteiger partial charge on any atom is -0.354 e. The highest BCUT2D eigenvalue weighted by molar-refractivity contribution is 6.00. The first-order chi connectivity index (χ1) is 12.1. The third kappa shape index (κ3) is 6.48. The lowest BCUT2D eigenvalue weighted by molar-refractivity contribution is -0.135. The van der Waals surface area contributed by atoms with Gasteiger partial charge in [-0.05, 0) is 23.5 Å². The third-order valence-corrected chi connectivity index (χ3v) is 4.40. The molecule has 0 aromatic heterocycles. The zero-order valence-electron chi connectivity index (χ0n) is 15.2. The molecule has 1 aliphatic heterocycles. The number of amides is 2. The average Bonchev–Trinajstić information content (AvgIpc) is 2.61. The van der Waals surface area contributed by atoms with E-state index in [0.717, 1.165) is 18.7 Å². The molecule has 25 heavy (non-hydrogen) atoms. The molecule has 0 spiro atoms. The summed E-state index contributed by atoms with van der Waals surface area (Å²) in [4.78, 5) is 25.0. The largest absolute Gasteiger partial charge is 0.354 e. The third-order valence-electron chi connectivity index (χ3n) is 4.40. The molecule has 1 fully saturated rings. The van der Waals surface area contributed by atoms with Crippen molar-refractivity contribution >= 4 is 11.8 Å². The molecule has 0 radical (unpaired) electrons. The second-order valence-corrected chi connectivity index (χ2v) is 6.74. The summed E-state index contributed by atoms with van der Waals surface area (Å²) in [7, 11) is 0. The molecule has 1 saturated heterocycles. The SMILES string of the molecule is CC(C)c1ccc(CC2C(=O)NCCNCCNCCNC2=O)cc1. The van der Waals surface area contributed by atoms with Crippen LogP contribution in [0.25, 0.3) is 0 Å². The smallest absolute Gasteiger partial charge is 0.232 e. The lowest BCUT2D eigenvalue weighted by atomic mass is 9.95. The molecule has 0 bridgehead atoms. The van der Waals surface area contributed by atoms with Crippen molar-refractivity contribution in [3.05, 3.63) is 35.4 Å². The Balaban J connectivity index is 2.05. The number of nitrogens with one attached hydrogen (secondary N) is 4. The van der Waals surface area contributed by atoms with E-state index in [1.807, 2.05) is 12.1 Å². The van der Waals surface area contributed by atoms with Gasteiger partial charge in [-0.3, -0.25) is 9.59 Å². The molecule has 0 saturated carbocycles. The molecular formula is C19H30N4O2. The Labute approximate surface area is 150 Å². The Kier molecular flexibility index (Phi) is 7.88. The van der Waals surface area contributed by atoms with Crippen molar-refractivity contribution in [2.45, 2.75) is 26.2 Å². The maximum absolute atomic E-state index is 12.5. The van der Waals surface area contributed by atoms with Crippen LogP contribution in [-0.4, -0.2) is 51.1 Å². The summed E-state index contributed by atoms with van der Waals surface area (Å²) < 4.78 is 0. The quantitative estimate of drug-likeness (QED) is 0.597. The van der Waals surface area contributed by atoms with Gasteiger partial charge >= 0.3 is 0 Å². The molecular weight excluding hydrogens is 316 g/mol. The molecule has 0 aliphatic carbocycles. The highest BCUT2D eigenvalue weighted by Gasteiger charge is 2.26. The second-order valence-electron chi connectivity index (χ2n) is 6.74. The van der Waals surface area contributed by atoms with Gasteiger partial charge in [-0.25, -0.2) is 0 Å². The van der Waals surface area contributed by atoms with E-state index in [9.17, 15) is 9.59 Å². The fourth-order valence-electron chi connectivity index (χ4n) is 2.80. The predicted octanol–water partition coefficient (Wildman–Crippen LogP) is 0.394. The van der Waals surface area contributed by atoms with Crippen LogP contribution in [-0.2, 0) is 16.0 Å². The Hall–Kier alpha value is -1.92. The molecule has 6 heteroatoms. The van der Waals surface area contributed by atoms with Crippen LogP contribution in [0.1, 0.15) is 30.9 Å². The van der Waals surface area contributed by atoms with Crippen molar-refractivity contribution in [3.8, 4) is 0 Å². The van der Waals surface area contributed by atoms with E-state index in [-0.39, 0.29) is 11.8 Å². The van der Waals surface area contributed by atoms with Gasteiger partial charge < -0.3 is 21.3 Å². The lowest BCUT2D eigenvalue weighted by Crippen LogP contribution is -2.44. The van der Waals surface area contributed by atoms with Crippen molar-refractivity contribution in [2.75, 3.05) is 39.3 Å². The summed E-state index contributed by atoms with van der Waals surface area (Å²) in [5.74, 6) is -0.657. The maximum Gasteiger partial charge on any atom is 0.232 e. The zero-order valence-corrected chi connectivity index (χ0v) is 15.2.